The number of thiophene rings is 1. The Labute approximate surface area is 294 Å². The number of hydrogen-bond donors (Lipinski definition) is 2. The Kier molecular flexibility index (Phi) is 9.97. The van der Waals surface area contributed by atoms with Gasteiger partial charge in [0.05, 0.1) is 19.2 Å². The molecule has 3 aromatic rings. The molecule has 5 atom stereocenters. The van der Waals surface area contributed by atoms with Gasteiger partial charge in [-0.1, -0.05) is 31.1 Å². The van der Waals surface area contributed by atoms with Gasteiger partial charge in [-0.25, -0.2) is 14.6 Å². The molecule has 50 heavy (non-hydrogen) atoms. The lowest BCUT2D eigenvalue weighted by atomic mass is 10.0. The summed E-state index contributed by atoms with van der Waals surface area (Å²) in [5.41, 5.74) is 0.0746. The predicted octanol–water partition coefficient (Wildman–Crippen LogP) is 4.71. The highest BCUT2D eigenvalue weighted by Crippen LogP contribution is 2.46. The zero-order valence-corrected chi connectivity index (χ0v) is 28.9. The van der Waals surface area contributed by atoms with Crippen molar-refractivity contribution in [2.45, 2.75) is 100 Å². The second kappa shape index (κ2) is 14.7. The van der Waals surface area contributed by atoms with Crippen LogP contribution in [-0.2, 0) is 23.9 Å². The number of nitrogens with one attached hydrogen (secondary N) is 2. The van der Waals surface area contributed by atoms with Crippen molar-refractivity contribution in [3.8, 4) is 17.4 Å². The molecule has 13 nitrogen and oxygen atoms in total. The van der Waals surface area contributed by atoms with Gasteiger partial charge in [0.15, 0.2) is 5.82 Å². The van der Waals surface area contributed by atoms with Gasteiger partial charge < -0.3 is 29.7 Å². The van der Waals surface area contributed by atoms with E-state index in [-0.39, 0.29) is 25.0 Å². The van der Waals surface area contributed by atoms with Crippen LogP contribution in [0.5, 0.6) is 5.88 Å². The van der Waals surface area contributed by atoms with E-state index in [9.17, 15) is 19.2 Å². The lowest BCUT2D eigenvalue weighted by molar-refractivity contribution is -0.148. The first-order chi connectivity index (χ1) is 24.3. The molecule has 2 N–H and O–H groups in total. The van der Waals surface area contributed by atoms with Crippen LogP contribution in [-0.4, -0.2) is 87.2 Å². The number of amides is 3. The topological polar surface area (TPSA) is 162 Å². The van der Waals surface area contributed by atoms with Gasteiger partial charge in [-0.05, 0) is 74.9 Å². The molecule has 2 aliphatic heterocycles. The van der Waals surface area contributed by atoms with Gasteiger partial charge >= 0.3 is 12.1 Å². The lowest BCUT2D eigenvalue weighted by Gasteiger charge is -2.29. The van der Waals surface area contributed by atoms with E-state index in [0.29, 0.717) is 42.2 Å². The van der Waals surface area contributed by atoms with Gasteiger partial charge in [-0.3, -0.25) is 14.6 Å². The van der Waals surface area contributed by atoms with E-state index in [2.05, 4.69) is 20.6 Å². The highest BCUT2D eigenvalue weighted by molar-refractivity contribution is 7.17. The van der Waals surface area contributed by atoms with E-state index in [0.717, 1.165) is 49.6 Å². The molecule has 7 rings (SSSR count). The first-order valence-electron chi connectivity index (χ1n) is 17.5. The van der Waals surface area contributed by atoms with Crippen molar-refractivity contribution < 1.29 is 33.4 Å². The molecular formula is C36H42N6O7S. The quantitative estimate of drug-likeness (QED) is 0.272. The molecule has 2 aliphatic carbocycles. The summed E-state index contributed by atoms with van der Waals surface area (Å²) in [5.74, 6) is -0.882. The van der Waals surface area contributed by atoms with Crippen molar-refractivity contribution >= 4 is 45.4 Å². The van der Waals surface area contributed by atoms with Crippen molar-refractivity contribution in [1.82, 2.24) is 30.5 Å². The summed E-state index contributed by atoms with van der Waals surface area (Å²) in [5, 5.41) is 7.71. The largest absolute Gasteiger partial charge is 0.471 e. The normalized spacial score (nSPS) is 28.1. The molecule has 14 heteroatoms. The number of nitrogens with zero attached hydrogens (tertiary/aromatic N) is 4. The molecule has 3 aromatic heterocycles. The number of allylic oxidation sites excluding steroid dienone is 1. The van der Waals surface area contributed by atoms with E-state index >= 15 is 0 Å². The molecular weight excluding hydrogens is 660 g/mol. The van der Waals surface area contributed by atoms with Gasteiger partial charge in [0.25, 0.3) is 0 Å². The van der Waals surface area contributed by atoms with Gasteiger partial charge in [-0.15, -0.1) is 11.3 Å². The third-order valence-electron chi connectivity index (χ3n) is 10.1. The molecule has 0 spiro atoms. The number of fused-ring (bicyclic) bond motifs is 3. The lowest BCUT2D eigenvalue weighted by Crippen LogP contribution is -2.56. The standard InChI is InChI=1S/C36H42N6O7S/c1-47-34(45)36-20-22(36)11-5-3-2-4-6-15-27(39-35(46)49-23-12-7-8-13-23)33(44)42-21-24(19-28(42)31(43)41-36)48-32-29-25(16-18-50-29)38-30(40-32)26-14-9-10-17-37-26/h5,9-11,14,16-18,22-24,27-28H,2-4,6-8,12-13,15,19-21H2,1H3,(H,39,46)(H,41,43)/b11-5-/t22-,24-,27+,28+,36-/m1/s1. The number of rotatable bonds is 6. The van der Waals surface area contributed by atoms with Crippen molar-refractivity contribution in [3.63, 3.8) is 0 Å². The smallest absolute Gasteiger partial charge is 0.408 e. The average molecular weight is 703 g/mol. The summed E-state index contributed by atoms with van der Waals surface area (Å²) in [7, 11) is 1.31. The van der Waals surface area contributed by atoms with Gasteiger partial charge in [-0.2, -0.15) is 4.98 Å². The zero-order valence-electron chi connectivity index (χ0n) is 28.0. The molecule has 5 heterocycles. The van der Waals surface area contributed by atoms with Crippen LogP contribution in [0, 0.1) is 5.92 Å². The SMILES string of the molecule is COC(=O)[C@@]12C[C@H]1/C=C\CCCCC[C@H](NC(=O)OC1CCCC1)C(=O)N1C[C@H](Oc3nc(-c4ccccn4)nc4ccsc34)C[C@H]1C(=O)N2. The molecule has 264 valence electrons. The van der Waals surface area contributed by atoms with Gasteiger partial charge in [0.2, 0.25) is 17.7 Å². The number of pyridine rings is 1. The van der Waals surface area contributed by atoms with Crippen molar-refractivity contribution in [1.29, 1.82) is 0 Å². The number of carbonyl (C=O) groups is 4. The molecule has 2 saturated carbocycles. The minimum Gasteiger partial charge on any atom is -0.471 e. The van der Waals surface area contributed by atoms with Gasteiger partial charge in [0, 0.05) is 18.5 Å². The second-order valence-corrected chi connectivity index (χ2v) is 14.4. The van der Waals surface area contributed by atoms with Crippen LogP contribution in [0.15, 0.2) is 48.0 Å². The Morgan fingerprint density at radius 1 is 1.04 bits per heavy atom. The average Bonchev–Trinajstić information content (AvgIpc) is 3.58. The highest BCUT2D eigenvalue weighted by Gasteiger charge is 2.62. The van der Waals surface area contributed by atoms with Crippen LogP contribution in [0.25, 0.3) is 21.7 Å². The van der Waals surface area contributed by atoms with Crippen LogP contribution in [0.3, 0.4) is 0 Å². The van der Waals surface area contributed by atoms with Crippen molar-refractivity contribution in [2.24, 2.45) is 5.92 Å². The second-order valence-electron chi connectivity index (χ2n) is 13.5. The number of aromatic nitrogens is 3. The first-order valence-corrected chi connectivity index (χ1v) is 18.4. The summed E-state index contributed by atoms with van der Waals surface area (Å²) in [6.07, 6.45) is 12.0. The summed E-state index contributed by atoms with van der Waals surface area (Å²) >= 11 is 1.43. The fourth-order valence-corrected chi connectivity index (χ4v) is 8.10. The van der Waals surface area contributed by atoms with E-state index in [1.807, 2.05) is 41.8 Å². The van der Waals surface area contributed by atoms with Gasteiger partial charge in [0.1, 0.15) is 40.2 Å². The number of ether oxygens (including phenoxy) is 3. The Morgan fingerprint density at radius 2 is 1.88 bits per heavy atom. The maximum absolute atomic E-state index is 14.4. The van der Waals surface area contributed by atoms with E-state index < -0.39 is 47.6 Å². The molecule has 0 unspecified atom stereocenters. The Bertz CT molecular complexity index is 1760. The van der Waals surface area contributed by atoms with Crippen LogP contribution in [0.1, 0.15) is 70.6 Å². The Hall–Kier alpha value is -4.59. The first kappa shape index (κ1) is 33.9. The van der Waals surface area contributed by atoms with E-state index in [4.69, 9.17) is 19.2 Å². The molecule has 0 aromatic carbocycles. The number of carbonyl (C=O) groups excluding carboxylic acids is 4. The van der Waals surface area contributed by atoms with Crippen LogP contribution in [0.4, 0.5) is 4.79 Å². The summed E-state index contributed by atoms with van der Waals surface area (Å²) in [6, 6.07) is 5.48. The van der Waals surface area contributed by atoms with E-state index in [1.165, 1.54) is 23.3 Å². The molecule has 3 amide bonds. The minimum atomic E-state index is -1.20. The number of hydrogen-bond acceptors (Lipinski definition) is 11. The number of esters is 1. The van der Waals surface area contributed by atoms with Crippen molar-refractivity contribution in [2.75, 3.05) is 13.7 Å². The fraction of sp³-hybridized carbons (Fsp3) is 0.528. The zero-order chi connectivity index (χ0) is 34.7. The Balaban J connectivity index is 1.18. The van der Waals surface area contributed by atoms with E-state index in [1.54, 1.807) is 6.20 Å². The van der Waals surface area contributed by atoms with Crippen LogP contribution in [0.2, 0.25) is 0 Å². The third kappa shape index (κ3) is 7.16. The minimum absolute atomic E-state index is 0.0666. The predicted molar refractivity (Wildman–Crippen MR) is 184 cm³/mol. The van der Waals surface area contributed by atoms with Crippen LogP contribution < -0.4 is 15.4 Å². The number of methoxy groups -OCH3 is 1. The Morgan fingerprint density at radius 3 is 2.68 bits per heavy atom. The van der Waals surface area contributed by atoms with Crippen molar-refractivity contribution in [3.05, 3.63) is 48.0 Å². The molecule has 0 bridgehead atoms. The van der Waals surface area contributed by atoms with Crippen LogP contribution >= 0.6 is 11.3 Å². The molecule has 3 fully saturated rings. The highest BCUT2D eigenvalue weighted by atomic mass is 32.1. The maximum Gasteiger partial charge on any atom is 0.408 e. The number of alkyl carbamates (subject to hydrolysis) is 1. The third-order valence-corrected chi connectivity index (χ3v) is 11.0. The summed E-state index contributed by atoms with van der Waals surface area (Å²) in [6.45, 7) is 0.0666. The molecule has 4 aliphatic rings. The summed E-state index contributed by atoms with van der Waals surface area (Å²) < 4.78 is 18.1. The summed E-state index contributed by atoms with van der Waals surface area (Å²) in [4.78, 5) is 70.0. The molecule has 0 radical (unpaired) electrons. The monoisotopic (exact) mass is 702 g/mol. The maximum atomic E-state index is 14.4. The molecule has 1 saturated heterocycles. The fourth-order valence-electron chi connectivity index (χ4n) is 7.33.